The fraction of sp³-hybridized carbons (Fsp3) is 0.912. The van der Waals surface area contributed by atoms with E-state index in [1.807, 2.05) is 6.08 Å². The number of aliphatic hydroxyl groups excluding tert-OH is 2. The van der Waals surface area contributed by atoms with Gasteiger partial charge in [0.25, 0.3) is 0 Å². The van der Waals surface area contributed by atoms with Crippen molar-refractivity contribution in [3.05, 3.63) is 24.3 Å². The van der Waals surface area contributed by atoms with Crippen LogP contribution in [0.4, 0.5) is 0 Å². The summed E-state index contributed by atoms with van der Waals surface area (Å²) >= 11 is 0. The second-order valence-electron chi connectivity index (χ2n) is 23.2. The third kappa shape index (κ3) is 59.6. The van der Waals surface area contributed by atoms with Crippen LogP contribution >= 0.6 is 0 Å². The Morgan fingerprint density at radius 3 is 0.959 bits per heavy atom. The van der Waals surface area contributed by atoms with Gasteiger partial charge in [-0.05, 0) is 57.8 Å². The molecule has 0 rings (SSSR count). The first-order chi connectivity index (χ1) is 36.5. The number of nitrogens with one attached hydrogen (secondary N) is 1. The van der Waals surface area contributed by atoms with Gasteiger partial charge in [0.1, 0.15) is 0 Å². The van der Waals surface area contributed by atoms with E-state index in [1.54, 1.807) is 6.08 Å². The number of allylic oxidation sites excluding steroid dienone is 3. The molecular weight excluding hydrogens is 911 g/mol. The Morgan fingerprint density at radius 1 is 0.365 bits per heavy atom. The molecule has 0 aliphatic rings. The zero-order valence-electron chi connectivity index (χ0n) is 50.1. The molecule has 6 nitrogen and oxygen atoms in total. The number of esters is 1. The van der Waals surface area contributed by atoms with Crippen LogP contribution in [0.5, 0.6) is 0 Å². The van der Waals surface area contributed by atoms with E-state index in [1.165, 1.54) is 302 Å². The van der Waals surface area contributed by atoms with Crippen molar-refractivity contribution >= 4 is 11.9 Å². The largest absolute Gasteiger partial charge is 0.466 e. The lowest BCUT2D eigenvalue weighted by molar-refractivity contribution is -0.143. The van der Waals surface area contributed by atoms with Gasteiger partial charge in [-0.1, -0.05) is 327 Å². The molecule has 0 spiro atoms. The average molecular weight is 1040 g/mol. The lowest BCUT2D eigenvalue weighted by atomic mass is 10.0. The Kier molecular flexibility index (Phi) is 62.4. The van der Waals surface area contributed by atoms with Crippen LogP contribution in [0, 0.1) is 0 Å². The van der Waals surface area contributed by atoms with E-state index in [0.29, 0.717) is 19.4 Å². The molecule has 0 aromatic rings. The normalized spacial score (nSPS) is 12.6. The Balaban J connectivity index is 3.45. The molecule has 0 aliphatic carbocycles. The Bertz CT molecular complexity index is 1150. The number of ether oxygens (including phenoxy) is 1. The maximum atomic E-state index is 12.5. The van der Waals surface area contributed by atoms with Crippen LogP contribution in [-0.4, -0.2) is 47.4 Å². The summed E-state index contributed by atoms with van der Waals surface area (Å²) in [6, 6.07) is -0.634. The third-order valence-electron chi connectivity index (χ3n) is 15.7. The number of carbonyl (C=O) groups is 2. The van der Waals surface area contributed by atoms with Gasteiger partial charge >= 0.3 is 5.97 Å². The average Bonchev–Trinajstić information content (AvgIpc) is 3.40. The Labute approximate surface area is 462 Å². The molecule has 2 unspecified atom stereocenters. The first-order valence-corrected chi connectivity index (χ1v) is 33.6. The summed E-state index contributed by atoms with van der Waals surface area (Å²) in [5.41, 5.74) is 0. The highest BCUT2D eigenvalue weighted by Crippen LogP contribution is 2.18. The predicted octanol–water partition coefficient (Wildman–Crippen LogP) is 21.4. The summed E-state index contributed by atoms with van der Waals surface area (Å²) in [4.78, 5) is 24.6. The molecule has 0 aliphatic heterocycles. The molecule has 438 valence electrons. The predicted molar refractivity (Wildman–Crippen MR) is 324 cm³/mol. The molecule has 0 saturated carbocycles. The number of unbranched alkanes of at least 4 members (excludes halogenated alkanes) is 50. The van der Waals surface area contributed by atoms with E-state index in [2.05, 4.69) is 31.3 Å². The number of carbonyl (C=O) groups excluding carboxylic acids is 2. The standard InChI is InChI=1S/C68H131NO5/c1-3-5-7-9-11-13-15-17-18-19-20-21-22-24-27-30-33-37-40-44-48-52-56-60-66(71)65(64-70)69-67(72)61-57-53-49-45-41-38-34-31-28-25-23-26-29-32-35-39-43-47-51-55-59-63-74-68(73)62-58-54-50-46-42-36-16-14-12-10-8-6-4-2/h25,28,56,60,65-66,70-71H,3-24,26-27,29-55,57-59,61-64H2,1-2H3,(H,69,72)/b28-25-,60-56+. The molecule has 0 radical (unpaired) electrons. The summed E-state index contributed by atoms with van der Waals surface area (Å²) in [6.07, 6.45) is 79.5. The van der Waals surface area contributed by atoms with Crippen LogP contribution in [-0.2, 0) is 14.3 Å². The van der Waals surface area contributed by atoms with Gasteiger partial charge in [-0.2, -0.15) is 0 Å². The molecule has 0 heterocycles. The highest BCUT2D eigenvalue weighted by molar-refractivity contribution is 5.76. The molecule has 74 heavy (non-hydrogen) atoms. The van der Waals surface area contributed by atoms with Crippen molar-refractivity contribution in [2.45, 2.75) is 386 Å². The zero-order chi connectivity index (χ0) is 53.6. The molecule has 0 aromatic heterocycles. The lowest BCUT2D eigenvalue weighted by Gasteiger charge is -2.20. The number of rotatable bonds is 63. The van der Waals surface area contributed by atoms with Gasteiger partial charge in [0.15, 0.2) is 0 Å². The van der Waals surface area contributed by atoms with Crippen LogP contribution in [0.3, 0.4) is 0 Å². The maximum absolute atomic E-state index is 12.5. The van der Waals surface area contributed by atoms with Crippen LogP contribution in [0.1, 0.15) is 373 Å². The first kappa shape index (κ1) is 72.3. The second kappa shape index (κ2) is 63.9. The van der Waals surface area contributed by atoms with E-state index in [4.69, 9.17) is 4.74 Å². The molecule has 3 N–H and O–H groups in total. The van der Waals surface area contributed by atoms with Gasteiger partial charge in [0, 0.05) is 12.8 Å². The highest BCUT2D eigenvalue weighted by Gasteiger charge is 2.18. The number of hydrogen-bond acceptors (Lipinski definition) is 5. The monoisotopic (exact) mass is 1040 g/mol. The lowest BCUT2D eigenvalue weighted by Crippen LogP contribution is -2.45. The maximum Gasteiger partial charge on any atom is 0.305 e. The van der Waals surface area contributed by atoms with Gasteiger partial charge in [0.05, 0.1) is 25.4 Å². The Morgan fingerprint density at radius 2 is 0.635 bits per heavy atom. The van der Waals surface area contributed by atoms with Crippen molar-refractivity contribution < 1.29 is 24.5 Å². The highest BCUT2D eigenvalue weighted by atomic mass is 16.5. The molecule has 2 atom stereocenters. The van der Waals surface area contributed by atoms with Crippen molar-refractivity contribution in [2.75, 3.05) is 13.2 Å². The molecule has 1 amide bonds. The van der Waals surface area contributed by atoms with Crippen LogP contribution < -0.4 is 5.32 Å². The third-order valence-corrected chi connectivity index (χ3v) is 15.7. The Hall–Kier alpha value is -1.66. The van der Waals surface area contributed by atoms with Crippen molar-refractivity contribution in [1.82, 2.24) is 5.32 Å². The van der Waals surface area contributed by atoms with Crippen LogP contribution in [0.25, 0.3) is 0 Å². The van der Waals surface area contributed by atoms with E-state index < -0.39 is 12.1 Å². The minimum absolute atomic E-state index is 0.00982. The van der Waals surface area contributed by atoms with Gasteiger partial charge < -0.3 is 20.3 Å². The van der Waals surface area contributed by atoms with E-state index in [-0.39, 0.29) is 18.5 Å². The van der Waals surface area contributed by atoms with Crippen molar-refractivity contribution in [3.8, 4) is 0 Å². The van der Waals surface area contributed by atoms with Gasteiger partial charge in [-0.15, -0.1) is 0 Å². The summed E-state index contributed by atoms with van der Waals surface area (Å²) in [5, 5.41) is 23.2. The number of aliphatic hydroxyl groups is 2. The molecule has 0 aromatic carbocycles. The fourth-order valence-corrected chi connectivity index (χ4v) is 10.6. The quantitative estimate of drug-likeness (QED) is 0.0320. The minimum Gasteiger partial charge on any atom is -0.466 e. The van der Waals surface area contributed by atoms with Crippen molar-refractivity contribution in [1.29, 1.82) is 0 Å². The summed E-state index contributed by atoms with van der Waals surface area (Å²) in [7, 11) is 0. The molecular formula is C68H131NO5. The smallest absolute Gasteiger partial charge is 0.305 e. The SMILES string of the molecule is CCCCCCCCCCCCCCCCCCCCCCC/C=C/C(O)C(CO)NC(=O)CCCCCCCCC/C=C\CCCCCCCCCCCCOC(=O)CCCCCCCCCCCCCCC. The number of amides is 1. The van der Waals surface area contributed by atoms with Crippen LogP contribution in [0.2, 0.25) is 0 Å². The minimum atomic E-state index is -0.850. The van der Waals surface area contributed by atoms with E-state index >= 15 is 0 Å². The fourth-order valence-electron chi connectivity index (χ4n) is 10.6. The molecule has 0 saturated heterocycles. The molecule has 6 heteroatoms. The van der Waals surface area contributed by atoms with E-state index in [0.717, 1.165) is 44.9 Å². The topological polar surface area (TPSA) is 95.9 Å². The summed E-state index contributed by atoms with van der Waals surface area (Å²) in [6.45, 7) is 4.93. The van der Waals surface area contributed by atoms with Crippen LogP contribution in [0.15, 0.2) is 24.3 Å². The van der Waals surface area contributed by atoms with Crippen molar-refractivity contribution in [2.24, 2.45) is 0 Å². The summed E-state index contributed by atoms with van der Waals surface area (Å²) < 4.78 is 5.48. The second-order valence-corrected chi connectivity index (χ2v) is 23.2. The van der Waals surface area contributed by atoms with E-state index in [9.17, 15) is 19.8 Å². The van der Waals surface area contributed by atoms with Gasteiger partial charge in [-0.25, -0.2) is 0 Å². The number of hydrogen-bond donors (Lipinski definition) is 3. The van der Waals surface area contributed by atoms with Crippen molar-refractivity contribution in [3.63, 3.8) is 0 Å². The molecule has 0 fully saturated rings. The van der Waals surface area contributed by atoms with Gasteiger partial charge in [0.2, 0.25) is 5.91 Å². The van der Waals surface area contributed by atoms with Gasteiger partial charge in [-0.3, -0.25) is 9.59 Å². The zero-order valence-corrected chi connectivity index (χ0v) is 50.1. The molecule has 0 bridgehead atoms. The first-order valence-electron chi connectivity index (χ1n) is 33.6. The summed E-state index contributed by atoms with van der Waals surface area (Å²) in [5.74, 6) is -0.0620.